The van der Waals surface area contributed by atoms with Gasteiger partial charge in [-0.2, -0.15) is 13.5 Å². The fraction of sp³-hybridized carbons (Fsp3) is 0.714. The predicted octanol–water partition coefficient (Wildman–Crippen LogP) is 0.502. The number of piperidine rings is 1. The van der Waals surface area contributed by atoms with Crippen LogP contribution in [0.15, 0.2) is 10.6 Å². The molecule has 1 aromatic heterocycles. The van der Waals surface area contributed by atoms with Crippen LogP contribution in [0.25, 0.3) is 0 Å². The highest BCUT2D eigenvalue weighted by atomic mass is 32.3. The summed E-state index contributed by atoms with van der Waals surface area (Å²) in [6.07, 6.45) is 3.09. The number of fused-ring (bicyclic) bond motifs is 2. The molecule has 3 saturated heterocycles. The highest BCUT2D eigenvalue weighted by molar-refractivity contribution is 7.80. The summed E-state index contributed by atoms with van der Waals surface area (Å²) in [4.78, 5) is 13.9. The Morgan fingerprint density at radius 3 is 2.96 bits per heavy atom. The van der Waals surface area contributed by atoms with Crippen molar-refractivity contribution in [2.24, 2.45) is 5.92 Å². The van der Waals surface area contributed by atoms with E-state index in [4.69, 9.17) is 9.08 Å². The Morgan fingerprint density at radius 1 is 1.40 bits per heavy atom. The summed E-state index contributed by atoms with van der Waals surface area (Å²) in [5.41, 5.74) is 0.668. The minimum atomic E-state index is -4.73. The number of amides is 2. The van der Waals surface area contributed by atoms with Crippen molar-refractivity contribution in [3.8, 4) is 0 Å². The number of hydrogen-bond acceptors (Lipinski definition) is 7. The largest absolute Gasteiger partial charge is 0.418 e. The lowest BCUT2D eigenvalue weighted by molar-refractivity contribution is -0.0317. The zero-order chi connectivity index (χ0) is 17.6. The third-order valence-electron chi connectivity index (χ3n) is 5.07. The van der Waals surface area contributed by atoms with E-state index in [1.165, 1.54) is 4.90 Å². The van der Waals surface area contributed by atoms with Gasteiger partial charge in [-0.3, -0.25) is 4.55 Å². The summed E-state index contributed by atoms with van der Waals surface area (Å²) in [5, 5.41) is 8.16. The van der Waals surface area contributed by atoms with Crippen LogP contribution < -0.4 is 5.32 Å². The summed E-state index contributed by atoms with van der Waals surface area (Å²) < 4.78 is 40.6. The second-order valence-electron chi connectivity index (χ2n) is 6.79. The summed E-state index contributed by atoms with van der Waals surface area (Å²) >= 11 is 0. The van der Waals surface area contributed by atoms with Crippen LogP contribution in [0, 0.1) is 5.92 Å². The van der Waals surface area contributed by atoms with Crippen LogP contribution in [0.3, 0.4) is 0 Å². The summed E-state index contributed by atoms with van der Waals surface area (Å²) in [6, 6.07) is 0.609. The zero-order valence-electron chi connectivity index (χ0n) is 13.5. The molecule has 3 aliphatic rings. The molecule has 0 aliphatic carbocycles. The van der Waals surface area contributed by atoms with Crippen molar-refractivity contribution in [3.63, 3.8) is 0 Å². The van der Waals surface area contributed by atoms with E-state index in [2.05, 4.69) is 14.8 Å². The number of nitrogens with zero attached hydrogens (tertiary/aromatic N) is 3. The van der Waals surface area contributed by atoms with E-state index in [0.717, 1.165) is 36.8 Å². The standard InChI is InChI=1S/C14H20N4O6S/c19-14-17-8-10(18(14)24-25(20,21)22)1-2-13(17)12-6-11(23-16-12)5-9-3-4-15-7-9/h6,9-10,13,15H,1-5,7-8H2,(H,20,21,22). The van der Waals surface area contributed by atoms with E-state index in [1.807, 2.05) is 6.07 Å². The minimum Gasteiger partial charge on any atom is -0.361 e. The van der Waals surface area contributed by atoms with Gasteiger partial charge in [-0.25, -0.2) is 4.79 Å². The van der Waals surface area contributed by atoms with Crippen molar-refractivity contribution < 1.29 is 26.6 Å². The van der Waals surface area contributed by atoms with Gasteiger partial charge in [0.2, 0.25) is 0 Å². The lowest BCUT2D eigenvalue weighted by Crippen LogP contribution is -2.35. The van der Waals surface area contributed by atoms with Crippen molar-refractivity contribution in [2.75, 3.05) is 19.6 Å². The molecule has 10 nitrogen and oxygen atoms in total. The Balaban J connectivity index is 1.47. The molecule has 2 bridgehead atoms. The molecule has 4 heterocycles. The molecule has 0 radical (unpaired) electrons. The first-order valence-electron chi connectivity index (χ1n) is 8.34. The molecule has 2 amide bonds. The molecule has 25 heavy (non-hydrogen) atoms. The number of carbonyl (C=O) groups is 1. The van der Waals surface area contributed by atoms with Crippen molar-refractivity contribution in [2.45, 2.75) is 37.8 Å². The van der Waals surface area contributed by atoms with Crippen molar-refractivity contribution >= 4 is 16.4 Å². The third kappa shape index (κ3) is 3.36. The van der Waals surface area contributed by atoms with Crippen LogP contribution in [-0.2, 0) is 21.1 Å². The number of carbonyl (C=O) groups excluding carboxylic acids is 1. The molecule has 11 heteroatoms. The minimum absolute atomic E-state index is 0.280. The topological polar surface area (TPSA) is 125 Å². The highest BCUT2D eigenvalue weighted by Crippen LogP contribution is 2.38. The number of hydrogen-bond donors (Lipinski definition) is 2. The molecule has 4 rings (SSSR count). The van der Waals surface area contributed by atoms with E-state index < -0.39 is 22.5 Å². The van der Waals surface area contributed by atoms with Gasteiger partial charge in [0.1, 0.15) is 11.5 Å². The number of urea groups is 1. The lowest BCUT2D eigenvalue weighted by Gasteiger charge is -2.28. The molecule has 0 spiro atoms. The molecule has 3 atom stereocenters. The van der Waals surface area contributed by atoms with Crippen LogP contribution >= 0.6 is 0 Å². The van der Waals surface area contributed by atoms with Crippen LogP contribution in [0.4, 0.5) is 4.79 Å². The number of hydroxylamine groups is 2. The average molecular weight is 372 g/mol. The smallest absolute Gasteiger partial charge is 0.361 e. The molecule has 3 unspecified atom stereocenters. The van der Waals surface area contributed by atoms with Crippen molar-refractivity contribution in [3.05, 3.63) is 17.5 Å². The number of rotatable bonds is 5. The maximum atomic E-state index is 12.4. The Bertz CT molecular complexity index is 759. The molecular weight excluding hydrogens is 352 g/mol. The Hall–Kier alpha value is -1.69. The number of nitrogens with one attached hydrogen (secondary N) is 1. The van der Waals surface area contributed by atoms with E-state index >= 15 is 0 Å². The molecule has 1 aromatic rings. The summed E-state index contributed by atoms with van der Waals surface area (Å²) in [6.45, 7) is 2.31. The quantitative estimate of drug-likeness (QED) is 0.716. The van der Waals surface area contributed by atoms with Crippen molar-refractivity contribution in [1.82, 2.24) is 20.4 Å². The second-order valence-corrected chi connectivity index (χ2v) is 7.80. The first kappa shape index (κ1) is 16.8. The van der Waals surface area contributed by atoms with Gasteiger partial charge in [0, 0.05) is 19.0 Å². The van der Waals surface area contributed by atoms with Gasteiger partial charge < -0.3 is 14.7 Å². The molecule has 3 fully saturated rings. The fourth-order valence-corrected chi connectivity index (χ4v) is 4.28. The van der Waals surface area contributed by atoms with Crippen molar-refractivity contribution in [1.29, 1.82) is 0 Å². The molecular formula is C14H20N4O6S. The SMILES string of the molecule is O=C1N2CC(CCC2c2cc(CC3CCNC3)on2)N1OS(=O)(=O)O. The molecule has 3 aliphatic heterocycles. The Kier molecular flexibility index (Phi) is 4.18. The Labute approximate surface area is 145 Å². The normalized spacial score (nSPS) is 29.6. The van der Waals surface area contributed by atoms with Crippen LogP contribution in [0.5, 0.6) is 0 Å². The van der Waals surface area contributed by atoms with Gasteiger partial charge in [0.05, 0.1) is 12.1 Å². The highest BCUT2D eigenvalue weighted by Gasteiger charge is 2.48. The maximum Gasteiger partial charge on any atom is 0.418 e. The van der Waals surface area contributed by atoms with E-state index in [0.29, 0.717) is 31.0 Å². The first-order valence-corrected chi connectivity index (χ1v) is 9.70. The third-order valence-corrected chi connectivity index (χ3v) is 5.42. The van der Waals surface area contributed by atoms with E-state index in [-0.39, 0.29) is 6.04 Å². The Morgan fingerprint density at radius 2 is 2.24 bits per heavy atom. The lowest BCUT2D eigenvalue weighted by atomic mass is 9.97. The van der Waals surface area contributed by atoms with Crippen LogP contribution in [0.1, 0.15) is 36.8 Å². The van der Waals surface area contributed by atoms with Gasteiger partial charge in [-0.1, -0.05) is 5.16 Å². The van der Waals surface area contributed by atoms with E-state index in [9.17, 15) is 13.2 Å². The zero-order valence-corrected chi connectivity index (χ0v) is 14.3. The predicted molar refractivity (Wildman–Crippen MR) is 83.5 cm³/mol. The monoisotopic (exact) mass is 372 g/mol. The number of aromatic nitrogens is 1. The van der Waals surface area contributed by atoms with Crippen LogP contribution in [0.2, 0.25) is 0 Å². The molecule has 138 valence electrons. The van der Waals surface area contributed by atoms with Gasteiger partial charge in [0.15, 0.2) is 0 Å². The second kappa shape index (κ2) is 6.24. The fourth-order valence-electron chi connectivity index (χ4n) is 3.89. The first-order chi connectivity index (χ1) is 11.9. The summed E-state index contributed by atoms with van der Waals surface area (Å²) in [7, 11) is -4.73. The van der Waals surface area contributed by atoms with Crippen LogP contribution in [-0.4, -0.2) is 59.8 Å². The van der Waals surface area contributed by atoms with Gasteiger partial charge in [-0.15, -0.1) is 4.28 Å². The molecule has 0 saturated carbocycles. The van der Waals surface area contributed by atoms with Gasteiger partial charge in [0.25, 0.3) is 0 Å². The molecule has 2 N–H and O–H groups in total. The van der Waals surface area contributed by atoms with Gasteiger partial charge in [-0.05, 0) is 38.3 Å². The average Bonchev–Trinajstić information content (AvgIpc) is 3.26. The van der Waals surface area contributed by atoms with Gasteiger partial charge >= 0.3 is 16.4 Å². The maximum absolute atomic E-state index is 12.4. The van der Waals surface area contributed by atoms with E-state index in [1.54, 1.807) is 0 Å². The summed E-state index contributed by atoms with van der Waals surface area (Å²) in [5.74, 6) is 1.33. The molecule has 0 aromatic carbocycles.